The van der Waals surface area contributed by atoms with Crippen molar-refractivity contribution in [2.75, 3.05) is 25.0 Å². The standard InChI is InChI=1S/C34H29Cl3N6O/c35-27-6-2-23(3-7-27)16-25-19-42(20-26(34(25)44)17-24-4-8-28(36)9-5-24)21-30-22-43(41-40-30)15-1-13-38-32-12-14-39-33-18-29(37)10-11-31(32)33/h2-12,14,16-18,22H,1,13,15,19-21H2,(H,38,39). The number of nitrogens with zero attached hydrogens (tertiary/aromatic N) is 5. The van der Waals surface area contributed by atoms with E-state index in [4.69, 9.17) is 34.8 Å². The molecule has 44 heavy (non-hydrogen) atoms. The summed E-state index contributed by atoms with van der Waals surface area (Å²) in [6.07, 6.45) is 8.49. The Morgan fingerprint density at radius 2 is 1.45 bits per heavy atom. The summed E-state index contributed by atoms with van der Waals surface area (Å²) in [5.74, 6) is 0.0346. The Bertz CT molecular complexity index is 1780. The molecule has 1 saturated heterocycles. The van der Waals surface area contributed by atoms with Crippen LogP contribution in [0.15, 0.2) is 96.3 Å². The van der Waals surface area contributed by atoms with Gasteiger partial charge in [-0.2, -0.15) is 0 Å². The second-order valence-electron chi connectivity index (χ2n) is 10.7. The highest BCUT2D eigenvalue weighted by molar-refractivity contribution is 6.31. The van der Waals surface area contributed by atoms with Crippen molar-refractivity contribution < 1.29 is 4.79 Å². The Balaban J connectivity index is 1.12. The lowest BCUT2D eigenvalue weighted by Crippen LogP contribution is -2.37. The first-order chi connectivity index (χ1) is 21.4. The predicted molar refractivity (Wildman–Crippen MR) is 179 cm³/mol. The summed E-state index contributed by atoms with van der Waals surface area (Å²) in [4.78, 5) is 20.2. The summed E-state index contributed by atoms with van der Waals surface area (Å²) < 4.78 is 1.87. The predicted octanol–water partition coefficient (Wildman–Crippen LogP) is 7.84. The highest BCUT2D eigenvalue weighted by atomic mass is 35.5. The summed E-state index contributed by atoms with van der Waals surface area (Å²) in [5.41, 5.74) is 6.00. The summed E-state index contributed by atoms with van der Waals surface area (Å²) in [5, 5.41) is 15.3. The lowest BCUT2D eigenvalue weighted by atomic mass is 9.94. The fourth-order valence-corrected chi connectivity index (χ4v) is 5.65. The monoisotopic (exact) mass is 642 g/mol. The van der Waals surface area contributed by atoms with Gasteiger partial charge in [0, 0.05) is 82.4 Å². The molecule has 0 aliphatic carbocycles. The minimum Gasteiger partial charge on any atom is -0.384 e. The van der Waals surface area contributed by atoms with Crippen molar-refractivity contribution in [2.24, 2.45) is 0 Å². The SMILES string of the molecule is O=C1C(=Cc2ccc(Cl)cc2)CN(Cc2cn(CCCNc3ccnc4cc(Cl)ccc34)nn2)CC1=Cc1ccc(Cl)cc1. The van der Waals surface area contributed by atoms with Crippen molar-refractivity contribution in [3.05, 3.63) is 128 Å². The van der Waals surface area contributed by atoms with Gasteiger partial charge >= 0.3 is 0 Å². The molecule has 1 N–H and O–H groups in total. The quantitative estimate of drug-likeness (QED) is 0.130. The number of Topliss-reactive ketones (excluding diaryl/α,β-unsaturated/α-hetero) is 1. The third kappa shape index (κ3) is 7.55. The van der Waals surface area contributed by atoms with Crippen molar-refractivity contribution in [3.8, 4) is 0 Å². The van der Waals surface area contributed by atoms with E-state index < -0.39 is 0 Å². The third-order valence-corrected chi connectivity index (χ3v) is 8.09. The summed E-state index contributed by atoms with van der Waals surface area (Å²) in [7, 11) is 0. The lowest BCUT2D eigenvalue weighted by Gasteiger charge is -2.29. The van der Waals surface area contributed by atoms with Crippen molar-refractivity contribution in [3.63, 3.8) is 0 Å². The molecule has 0 spiro atoms. The minimum atomic E-state index is 0.0346. The van der Waals surface area contributed by atoms with Crippen LogP contribution < -0.4 is 5.32 Å². The van der Waals surface area contributed by atoms with Gasteiger partial charge in [0.05, 0.1) is 11.2 Å². The van der Waals surface area contributed by atoms with Crippen LogP contribution in [0.25, 0.3) is 23.1 Å². The zero-order chi connectivity index (χ0) is 30.5. The van der Waals surface area contributed by atoms with Gasteiger partial charge in [-0.25, -0.2) is 0 Å². The summed E-state index contributed by atoms with van der Waals surface area (Å²) in [6, 6.07) is 22.7. The molecule has 222 valence electrons. The Labute approximate surface area is 270 Å². The van der Waals surface area contributed by atoms with E-state index in [0.29, 0.717) is 45.8 Å². The molecule has 7 nitrogen and oxygen atoms in total. The number of hydrogen-bond donors (Lipinski definition) is 1. The number of hydrogen-bond acceptors (Lipinski definition) is 6. The number of carbonyl (C=O) groups is 1. The number of piperidine rings is 1. The maximum Gasteiger partial charge on any atom is 0.187 e. The van der Waals surface area contributed by atoms with Crippen molar-refractivity contribution in [2.45, 2.75) is 19.5 Å². The van der Waals surface area contributed by atoms with Crippen LogP contribution in [0.2, 0.25) is 15.1 Å². The molecule has 0 radical (unpaired) electrons. The van der Waals surface area contributed by atoms with E-state index in [0.717, 1.165) is 52.9 Å². The molecule has 0 atom stereocenters. The number of benzene rings is 3. The van der Waals surface area contributed by atoms with Crippen LogP contribution in [0.1, 0.15) is 23.2 Å². The molecule has 2 aromatic heterocycles. The minimum absolute atomic E-state index is 0.0346. The number of pyridine rings is 1. The highest BCUT2D eigenvalue weighted by Crippen LogP contribution is 2.26. The summed E-state index contributed by atoms with van der Waals surface area (Å²) in [6.45, 7) is 3.05. The van der Waals surface area contributed by atoms with Crippen LogP contribution in [-0.4, -0.2) is 50.3 Å². The number of carbonyl (C=O) groups excluding carboxylic acids is 1. The molecular formula is C34H29Cl3N6O. The normalized spacial score (nSPS) is 15.8. The molecule has 0 bridgehead atoms. The van der Waals surface area contributed by atoms with Crippen molar-refractivity contribution in [1.29, 1.82) is 0 Å². The number of nitrogens with one attached hydrogen (secondary N) is 1. The molecule has 1 aliphatic rings. The first kappa shape index (κ1) is 30.0. The van der Waals surface area contributed by atoms with Gasteiger partial charge in [0.1, 0.15) is 0 Å². The van der Waals surface area contributed by atoms with E-state index >= 15 is 0 Å². The van der Waals surface area contributed by atoms with Gasteiger partial charge in [-0.1, -0.05) is 64.3 Å². The molecule has 1 aliphatic heterocycles. The highest BCUT2D eigenvalue weighted by Gasteiger charge is 2.27. The van der Waals surface area contributed by atoms with E-state index in [-0.39, 0.29) is 5.78 Å². The van der Waals surface area contributed by atoms with E-state index in [2.05, 4.69) is 25.5 Å². The molecule has 5 aromatic rings. The topological polar surface area (TPSA) is 75.9 Å². The largest absolute Gasteiger partial charge is 0.384 e. The van der Waals surface area contributed by atoms with Gasteiger partial charge in [0.25, 0.3) is 0 Å². The van der Waals surface area contributed by atoms with Gasteiger partial charge in [0.2, 0.25) is 0 Å². The number of fused-ring (bicyclic) bond motifs is 1. The zero-order valence-corrected chi connectivity index (χ0v) is 26.0. The number of likely N-dealkylation sites (tertiary alicyclic amines) is 1. The summed E-state index contributed by atoms with van der Waals surface area (Å²) >= 11 is 18.3. The van der Waals surface area contributed by atoms with E-state index in [1.807, 2.05) is 95.8 Å². The van der Waals surface area contributed by atoms with Gasteiger partial charge in [-0.05, 0) is 78.2 Å². The fraction of sp³-hybridized carbons (Fsp3) is 0.176. The molecule has 10 heteroatoms. The van der Waals surface area contributed by atoms with Crippen LogP contribution in [-0.2, 0) is 17.9 Å². The van der Waals surface area contributed by atoms with Crippen LogP contribution in [0.3, 0.4) is 0 Å². The number of ketones is 1. The average Bonchev–Trinajstić information content (AvgIpc) is 3.46. The molecule has 6 rings (SSSR count). The lowest BCUT2D eigenvalue weighted by molar-refractivity contribution is -0.113. The van der Waals surface area contributed by atoms with Gasteiger partial charge in [-0.3, -0.25) is 19.4 Å². The first-order valence-electron chi connectivity index (χ1n) is 14.3. The third-order valence-electron chi connectivity index (χ3n) is 7.35. The Kier molecular flexibility index (Phi) is 9.38. The van der Waals surface area contributed by atoms with Crippen LogP contribution in [0, 0.1) is 0 Å². The zero-order valence-electron chi connectivity index (χ0n) is 23.8. The molecular weight excluding hydrogens is 615 g/mol. The maximum absolute atomic E-state index is 13.5. The molecule has 0 amide bonds. The van der Waals surface area contributed by atoms with Crippen LogP contribution in [0.5, 0.6) is 0 Å². The maximum atomic E-state index is 13.5. The van der Waals surface area contributed by atoms with E-state index in [1.165, 1.54) is 0 Å². The van der Waals surface area contributed by atoms with Crippen LogP contribution >= 0.6 is 34.8 Å². The Hall–Kier alpha value is -4.01. The molecule has 0 saturated carbocycles. The van der Waals surface area contributed by atoms with E-state index in [9.17, 15) is 4.79 Å². The van der Waals surface area contributed by atoms with Gasteiger partial charge in [0.15, 0.2) is 5.78 Å². The molecule has 1 fully saturated rings. The first-order valence-corrected chi connectivity index (χ1v) is 15.4. The second kappa shape index (κ2) is 13.7. The van der Waals surface area contributed by atoms with E-state index in [1.54, 1.807) is 6.20 Å². The molecule has 3 heterocycles. The Morgan fingerprint density at radius 3 is 2.11 bits per heavy atom. The number of aromatic nitrogens is 4. The van der Waals surface area contributed by atoms with Crippen molar-refractivity contribution >= 4 is 69.3 Å². The smallest absolute Gasteiger partial charge is 0.187 e. The molecule has 3 aromatic carbocycles. The average molecular weight is 644 g/mol. The number of rotatable bonds is 9. The fourth-order valence-electron chi connectivity index (χ4n) is 5.23. The van der Waals surface area contributed by atoms with Crippen molar-refractivity contribution in [1.82, 2.24) is 24.9 Å². The van der Waals surface area contributed by atoms with Crippen LogP contribution in [0.4, 0.5) is 5.69 Å². The Morgan fingerprint density at radius 1 is 0.818 bits per heavy atom. The van der Waals surface area contributed by atoms with Gasteiger partial charge in [-0.15, -0.1) is 5.10 Å². The second-order valence-corrected chi connectivity index (χ2v) is 12.0. The number of aryl methyl sites for hydroxylation is 1. The number of anilines is 1. The van der Waals surface area contributed by atoms with Gasteiger partial charge < -0.3 is 5.32 Å². The number of halogens is 3. The molecule has 0 unspecified atom stereocenters.